The number of carbonyl (C=O) groups is 1. The van der Waals surface area contributed by atoms with E-state index in [-0.39, 0.29) is 27.9 Å². The molecule has 1 saturated heterocycles. The Hall–Kier alpha value is -1.66. The highest BCUT2D eigenvalue weighted by Crippen LogP contribution is 2.29. The van der Waals surface area contributed by atoms with E-state index in [0.29, 0.717) is 19.4 Å². The summed E-state index contributed by atoms with van der Waals surface area (Å²) in [6, 6.07) is 4.18. The first kappa shape index (κ1) is 15.7. The summed E-state index contributed by atoms with van der Waals surface area (Å²) in [5, 5.41) is 13.6. The highest BCUT2D eigenvalue weighted by molar-refractivity contribution is 6.35. The lowest BCUT2D eigenvalue weighted by molar-refractivity contribution is -0.384. The zero-order chi connectivity index (χ0) is 15.6. The molecule has 1 fully saturated rings. The van der Waals surface area contributed by atoms with Crippen LogP contribution in [0.25, 0.3) is 0 Å². The van der Waals surface area contributed by atoms with Crippen molar-refractivity contribution in [3.05, 3.63) is 38.9 Å². The van der Waals surface area contributed by atoms with Crippen LogP contribution in [0.5, 0.6) is 0 Å². The Morgan fingerprint density at radius 2 is 2.24 bits per heavy atom. The third kappa shape index (κ3) is 3.71. The molecule has 1 atom stereocenters. The zero-order valence-corrected chi connectivity index (χ0v) is 12.6. The fourth-order valence-electron chi connectivity index (χ4n) is 2.45. The molecule has 0 unspecified atom stereocenters. The topological polar surface area (TPSA) is 81.5 Å². The molecule has 1 aromatic rings. The van der Waals surface area contributed by atoms with Crippen LogP contribution in [0.3, 0.4) is 0 Å². The van der Waals surface area contributed by atoms with Crippen LogP contribution in [-0.4, -0.2) is 29.1 Å². The van der Waals surface area contributed by atoms with Gasteiger partial charge in [-0.1, -0.05) is 17.7 Å². The molecule has 114 valence electrons. The first-order valence-electron chi connectivity index (χ1n) is 6.68. The third-order valence-corrected chi connectivity index (χ3v) is 3.85. The summed E-state index contributed by atoms with van der Waals surface area (Å²) in [5.41, 5.74) is -0.436. The SMILES string of the molecule is CC1(C)C[C@@H](NC(=O)c2cccc([N+](=O)[O-])c2Cl)CCO1. The lowest BCUT2D eigenvalue weighted by Crippen LogP contribution is -2.45. The van der Waals surface area contributed by atoms with Gasteiger partial charge in [-0.2, -0.15) is 0 Å². The van der Waals surface area contributed by atoms with Crippen LogP contribution in [0.15, 0.2) is 18.2 Å². The zero-order valence-electron chi connectivity index (χ0n) is 11.9. The molecule has 2 rings (SSSR count). The van der Waals surface area contributed by atoms with Gasteiger partial charge in [0.1, 0.15) is 5.02 Å². The maximum Gasteiger partial charge on any atom is 0.288 e. The second kappa shape index (κ2) is 5.99. The van der Waals surface area contributed by atoms with Crippen molar-refractivity contribution >= 4 is 23.2 Å². The molecule has 0 aliphatic carbocycles. The van der Waals surface area contributed by atoms with Crippen molar-refractivity contribution in [2.24, 2.45) is 0 Å². The molecule has 0 aromatic heterocycles. The van der Waals surface area contributed by atoms with Crippen molar-refractivity contribution in [3.8, 4) is 0 Å². The van der Waals surface area contributed by atoms with Crippen molar-refractivity contribution in [2.45, 2.75) is 38.3 Å². The Balaban J connectivity index is 2.14. The Bertz CT molecular complexity index is 574. The van der Waals surface area contributed by atoms with Crippen molar-refractivity contribution in [1.29, 1.82) is 0 Å². The lowest BCUT2D eigenvalue weighted by atomic mass is 9.94. The summed E-state index contributed by atoms with van der Waals surface area (Å²) in [7, 11) is 0. The van der Waals surface area contributed by atoms with Crippen LogP contribution in [0, 0.1) is 10.1 Å². The van der Waals surface area contributed by atoms with Gasteiger partial charge in [0.15, 0.2) is 0 Å². The van der Waals surface area contributed by atoms with Crippen molar-refractivity contribution in [2.75, 3.05) is 6.61 Å². The van der Waals surface area contributed by atoms with E-state index in [2.05, 4.69) is 5.32 Å². The number of hydrogen-bond acceptors (Lipinski definition) is 4. The fourth-order valence-corrected chi connectivity index (χ4v) is 2.74. The van der Waals surface area contributed by atoms with Crippen LogP contribution < -0.4 is 5.32 Å². The quantitative estimate of drug-likeness (QED) is 0.687. The van der Waals surface area contributed by atoms with Gasteiger partial charge < -0.3 is 10.1 Å². The van der Waals surface area contributed by atoms with Gasteiger partial charge in [0.25, 0.3) is 11.6 Å². The van der Waals surface area contributed by atoms with Gasteiger partial charge in [-0.05, 0) is 32.8 Å². The van der Waals surface area contributed by atoms with Gasteiger partial charge in [-0.25, -0.2) is 0 Å². The molecule has 1 amide bonds. The molecule has 1 aliphatic rings. The minimum atomic E-state index is -0.601. The molecular formula is C14H17ClN2O4. The van der Waals surface area contributed by atoms with Crippen molar-refractivity contribution in [3.63, 3.8) is 0 Å². The molecule has 1 aromatic carbocycles. The van der Waals surface area contributed by atoms with Crippen LogP contribution in [-0.2, 0) is 4.74 Å². The first-order valence-corrected chi connectivity index (χ1v) is 7.06. The minimum Gasteiger partial charge on any atom is -0.375 e. The van der Waals surface area contributed by atoms with Gasteiger partial charge in [-0.3, -0.25) is 14.9 Å². The van der Waals surface area contributed by atoms with E-state index in [1.165, 1.54) is 18.2 Å². The van der Waals surface area contributed by atoms with Gasteiger partial charge in [-0.15, -0.1) is 0 Å². The van der Waals surface area contributed by atoms with E-state index in [0.717, 1.165) is 0 Å². The van der Waals surface area contributed by atoms with E-state index in [1.54, 1.807) is 0 Å². The molecular weight excluding hydrogens is 296 g/mol. The predicted molar refractivity (Wildman–Crippen MR) is 78.6 cm³/mol. The fraction of sp³-hybridized carbons (Fsp3) is 0.500. The van der Waals surface area contributed by atoms with Crippen molar-refractivity contribution < 1.29 is 14.5 Å². The molecule has 21 heavy (non-hydrogen) atoms. The number of halogens is 1. The molecule has 1 N–H and O–H groups in total. The normalized spacial score (nSPS) is 20.8. The average molecular weight is 313 g/mol. The third-order valence-electron chi connectivity index (χ3n) is 3.45. The number of amides is 1. The summed E-state index contributed by atoms with van der Waals surface area (Å²) in [6.07, 6.45) is 1.40. The number of nitrogens with one attached hydrogen (secondary N) is 1. The molecule has 6 nitrogen and oxygen atoms in total. The molecule has 7 heteroatoms. The minimum absolute atomic E-state index is 0.0309. The van der Waals surface area contributed by atoms with Crippen LogP contribution in [0.1, 0.15) is 37.0 Å². The standard InChI is InChI=1S/C14H17ClN2O4/c1-14(2)8-9(6-7-21-14)16-13(18)10-4-3-5-11(12(10)15)17(19)20/h3-5,9H,6-8H2,1-2H3,(H,16,18)/t9-/m0/s1. The van der Waals surface area contributed by atoms with E-state index < -0.39 is 10.8 Å². The maximum atomic E-state index is 12.3. The highest BCUT2D eigenvalue weighted by Gasteiger charge is 2.30. The van der Waals surface area contributed by atoms with E-state index in [1.807, 2.05) is 13.8 Å². The Labute approximate surface area is 127 Å². The van der Waals surface area contributed by atoms with E-state index >= 15 is 0 Å². The summed E-state index contributed by atoms with van der Waals surface area (Å²) < 4.78 is 5.59. The van der Waals surface area contributed by atoms with E-state index in [9.17, 15) is 14.9 Å². The molecule has 1 heterocycles. The molecule has 0 radical (unpaired) electrons. The van der Waals surface area contributed by atoms with Gasteiger partial charge >= 0.3 is 0 Å². The first-order chi connectivity index (χ1) is 9.80. The summed E-state index contributed by atoms with van der Waals surface area (Å²) in [5.74, 6) is -0.397. The number of rotatable bonds is 3. The highest BCUT2D eigenvalue weighted by atomic mass is 35.5. The average Bonchev–Trinajstić information content (AvgIpc) is 2.37. The van der Waals surface area contributed by atoms with Crippen LogP contribution in [0.4, 0.5) is 5.69 Å². The van der Waals surface area contributed by atoms with Crippen molar-refractivity contribution in [1.82, 2.24) is 5.32 Å². The number of carbonyl (C=O) groups excluding carboxylic acids is 1. The van der Waals surface area contributed by atoms with E-state index in [4.69, 9.17) is 16.3 Å². The van der Waals surface area contributed by atoms with Gasteiger partial charge in [0, 0.05) is 18.7 Å². The summed E-state index contributed by atoms with van der Waals surface area (Å²) >= 11 is 5.95. The molecule has 1 aliphatic heterocycles. The molecule has 0 saturated carbocycles. The predicted octanol–water partition coefficient (Wildman–Crippen LogP) is 2.94. The van der Waals surface area contributed by atoms with Gasteiger partial charge in [0.05, 0.1) is 16.1 Å². The van der Waals surface area contributed by atoms with Crippen LogP contribution >= 0.6 is 11.6 Å². The largest absolute Gasteiger partial charge is 0.375 e. The molecule has 0 spiro atoms. The Morgan fingerprint density at radius 3 is 2.86 bits per heavy atom. The number of nitro groups is 1. The van der Waals surface area contributed by atoms with Crippen LogP contribution in [0.2, 0.25) is 5.02 Å². The number of benzene rings is 1. The summed E-state index contributed by atoms with van der Waals surface area (Å²) in [4.78, 5) is 22.5. The second-order valence-electron chi connectivity index (χ2n) is 5.67. The Kier molecular flexibility index (Phi) is 4.49. The number of nitro benzene ring substituents is 1. The maximum absolute atomic E-state index is 12.3. The lowest BCUT2D eigenvalue weighted by Gasteiger charge is -2.35. The Morgan fingerprint density at radius 1 is 1.52 bits per heavy atom. The smallest absolute Gasteiger partial charge is 0.288 e. The van der Waals surface area contributed by atoms with Gasteiger partial charge in [0.2, 0.25) is 0 Å². The number of nitrogens with zero attached hydrogens (tertiary/aromatic N) is 1. The second-order valence-corrected chi connectivity index (χ2v) is 6.05. The molecule has 0 bridgehead atoms. The summed E-state index contributed by atoms with van der Waals surface area (Å²) in [6.45, 7) is 4.50. The number of ether oxygens (including phenoxy) is 1. The monoisotopic (exact) mass is 312 g/mol. The number of hydrogen-bond donors (Lipinski definition) is 1.